The van der Waals surface area contributed by atoms with E-state index in [2.05, 4.69) is 15.6 Å². The third-order valence-corrected chi connectivity index (χ3v) is 2.98. The number of aliphatic imine (C=N–C) groups is 1. The zero-order valence-electron chi connectivity index (χ0n) is 9.74. The van der Waals surface area contributed by atoms with Crippen LogP contribution in [0.2, 0.25) is 0 Å². The fourth-order valence-corrected chi connectivity index (χ4v) is 1.89. The Morgan fingerprint density at radius 1 is 1.69 bits per heavy atom. The number of hydrogen-bond donors (Lipinski definition) is 2. The molecule has 5 nitrogen and oxygen atoms in total. The van der Waals surface area contributed by atoms with Crippen LogP contribution in [0.3, 0.4) is 0 Å². The predicted molar refractivity (Wildman–Crippen MR) is 66.3 cm³/mol. The van der Waals surface area contributed by atoms with Crippen molar-refractivity contribution in [3.63, 3.8) is 0 Å². The third-order valence-electron chi connectivity index (χ3n) is 2.02. The lowest BCUT2D eigenvalue weighted by Gasteiger charge is -2.30. The Hall–Kier alpha value is -1.17. The highest BCUT2D eigenvalue weighted by atomic mass is 32.2. The average molecular weight is 243 g/mol. The molecule has 1 aliphatic heterocycles. The Morgan fingerprint density at radius 3 is 3.00 bits per heavy atom. The Bertz CT molecular complexity index is 317. The van der Waals surface area contributed by atoms with Gasteiger partial charge >= 0.3 is 5.97 Å². The molecule has 0 aromatic rings. The third kappa shape index (κ3) is 2.69. The number of hydrogen-bond acceptors (Lipinski definition) is 6. The summed E-state index contributed by atoms with van der Waals surface area (Å²) in [6.45, 7) is 4.89. The van der Waals surface area contributed by atoms with Crippen LogP contribution in [0, 0.1) is 0 Å². The first kappa shape index (κ1) is 12.9. The van der Waals surface area contributed by atoms with Gasteiger partial charge in [-0.3, -0.25) is 0 Å². The smallest absolute Gasteiger partial charge is 0.366 e. The summed E-state index contributed by atoms with van der Waals surface area (Å²) in [6.07, 6.45) is 5.22. The van der Waals surface area contributed by atoms with Crippen molar-refractivity contribution < 1.29 is 9.53 Å². The minimum absolute atomic E-state index is 0.346. The van der Waals surface area contributed by atoms with E-state index >= 15 is 0 Å². The van der Waals surface area contributed by atoms with E-state index in [0.29, 0.717) is 6.61 Å². The van der Waals surface area contributed by atoms with Crippen LogP contribution in [0.4, 0.5) is 0 Å². The van der Waals surface area contributed by atoms with Gasteiger partial charge in [0.15, 0.2) is 0 Å². The van der Waals surface area contributed by atoms with Crippen molar-refractivity contribution in [2.24, 2.45) is 4.99 Å². The summed E-state index contributed by atoms with van der Waals surface area (Å²) in [5.41, 5.74) is 0. The molecular formula is C10H17N3O2S. The molecule has 0 radical (unpaired) electrons. The summed E-state index contributed by atoms with van der Waals surface area (Å²) < 4.78 is 5.01. The van der Waals surface area contributed by atoms with E-state index in [4.69, 9.17) is 4.74 Å². The predicted octanol–water partition coefficient (Wildman–Crippen LogP) is 0.691. The number of thioether (sulfide) groups is 1. The summed E-state index contributed by atoms with van der Waals surface area (Å²) in [7, 11) is 0. The molecule has 1 atom stereocenters. The molecule has 0 saturated heterocycles. The second-order valence-electron chi connectivity index (χ2n) is 3.08. The van der Waals surface area contributed by atoms with Crippen LogP contribution in [-0.4, -0.2) is 36.6 Å². The number of nitrogens with one attached hydrogen (secondary N) is 2. The lowest BCUT2D eigenvalue weighted by atomic mass is 10.4. The van der Waals surface area contributed by atoms with Gasteiger partial charge in [-0.2, -0.15) is 0 Å². The number of ether oxygens (including phenoxy) is 1. The number of allylic oxidation sites excluding steroid dienone is 1. The molecule has 90 valence electrons. The van der Waals surface area contributed by atoms with E-state index in [9.17, 15) is 4.79 Å². The zero-order valence-corrected chi connectivity index (χ0v) is 10.6. The first-order valence-corrected chi connectivity index (χ1v) is 6.41. The van der Waals surface area contributed by atoms with Crippen LogP contribution in [-0.2, 0) is 9.53 Å². The van der Waals surface area contributed by atoms with Crippen molar-refractivity contribution >= 4 is 23.9 Å². The lowest BCUT2D eigenvalue weighted by Crippen LogP contribution is -2.51. The largest absolute Gasteiger partial charge is 0.462 e. The molecule has 1 rings (SSSR count). The van der Waals surface area contributed by atoms with Gasteiger partial charge in [0, 0.05) is 12.8 Å². The molecule has 1 aliphatic rings. The molecule has 0 saturated carbocycles. The minimum atomic E-state index is -1.05. The van der Waals surface area contributed by atoms with E-state index < -0.39 is 4.99 Å². The molecule has 0 aliphatic carbocycles. The van der Waals surface area contributed by atoms with Gasteiger partial charge in [-0.15, -0.1) is 11.8 Å². The number of esters is 1. The van der Waals surface area contributed by atoms with Crippen molar-refractivity contribution in [3.05, 3.63) is 11.9 Å². The highest BCUT2D eigenvalue weighted by Crippen LogP contribution is 2.25. The normalized spacial score (nSPS) is 23.3. The molecule has 0 fully saturated rings. The highest BCUT2D eigenvalue weighted by Gasteiger charge is 2.40. The van der Waals surface area contributed by atoms with E-state index in [0.717, 1.165) is 12.4 Å². The molecule has 0 aromatic heterocycles. The zero-order chi connectivity index (χ0) is 12.0. The summed E-state index contributed by atoms with van der Waals surface area (Å²) in [4.78, 5) is 14.9. The van der Waals surface area contributed by atoms with Crippen molar-refractivity contribution in [2.45, 2.75) is 18.8 Å². The van der Waals surface area contributed by atoms with E-state index in [1.54, 1.807) is 19.2 Å². The van der Waals surface area contributed by atoms with Crippen molar-refractivity contribution in [2.75, 3.05) is 19.4 Å². The van der Waals surface area contributed by atoms with Gasteiger partial charge in [-0.1, -0.05) is 0 Å². The van der Waals surface area contributed by atoms with Crippen molar-refractivity contribution in [1.82, 2.24) is 10.6 Å². The molecule has 16 heavy (non-hydrogen) atoms. The molecule has 0 bridgehead atoms. The maximum Gasteiger partial charge on any atom is 0.366 e. The average Bonchev–Trinajstić information content (AvgIpc) is 2.30. The maximum atomic E-state index is 11.8. The van der Waals surface area contributed by atoms with Gasteiger partial charge in [0.2, 0.25) is 0 Å². The number of carbonyl (C=O) groups excluding carboxylic acids is 1. The van der Waals surface area contributed by atoms with Crippen molar-refractivity contribution in [3.8, 4) is 0 Å². The van der Waals surface area contributed by atoms with Gasteiger partial charge in [0.05, 0.1) is 6.61 Å². The molecule has 0 aromatic carbocycles. The van der Waals surface area contributed by atoms with Gasteiger partial charge < -0.3 is 15.4 Å². The maximum absolute atomic E-state index is 11.8. The monoisotopic (exact) mass is 243 g/mol. The lowest BCUT2D eigenvalue weighted by molar-refractivity contribution is -0.146. The Balaban J connectivity index is 2.80. The topological polar surface area (TPSA) is 62.7 Å². The standard InChI is InChI=1S/C10H17N3O2S/c1-4-11-8-6-7-12-10(13-8,16-3)9(14)15-5-2/h6-7,11,13H,4-5H2,1-3H3. The van der Waals surface area contributed by atoms with Crippen LogP contribution in [0.25, 0.3) is 0 Å². The highest BCUT2D eigenvalue weighted by molar-refractivity contribution is 8.00. The number of carbonyl (C=O) groups is 1. The number of nitrogens with zero attached hydrogens (tertiary/aromatic N) is 1. The Kier molecular flexibility index (Phi) is 4.67. The molecule has 2 N–H and O–H groups in total. The Labute approximate surface area is 99.7 Å². The van der Waals surface area contributed by atoms with E-state index in [-0.39, 0.29) is 5.97 Å². The fraction of sp³-hybridized carbons (Fsp3) is 0.600. The van der Waals surface area contributed by atoms with Gasteiger partial charge in [-0.25, -0.2) is 9.79 Å². The van der Waals surface area contributed by atoms with E-state index in [1.807, 2.05) is 13.2 Å². The molecular weight excluding hydrogens is 226 g/mol. The minimum Gasteiger partial charge on any atom is -0.462 e. The summed E-state index contributed by atoms with van der Waals surface area (Å²) >= 11 is 1.31. The molecule has 0 amide bonds. The molecule has 6 heteroatoms. The van der Waals surface area contributed by atoms with Crippen LogP contribution in [0.1, 0.15) is 13.8 Å². The quantitative estimate of drug-likeness (QED) is 0.696. The first-order valence-electron chi connectivity index (χ1n) is 5.18. The Morgan fingerprint density at radius 2 is 2.44 bits per heavy atom. The fourth-order valence-electron chi connectivity index (χ4n) is 1.29. The second-order valence-corrected chi connectivity index (χ2v) is 4.08. The van der Waals surface area contributed by atoms with E-state index in [1.165, 1.54) is 11.8 Å². The van der Waals surface area contributed by atoms with Crippen molar-refractivity contribution in [1.29, 1.82) is 0 Å². The van der Waals surface area contributed by atoms with Crippen LogP contribution in [0.5, 0.6) is 0 Å². The van der Waals surface area contributed by atoms with Gasteiger partial charge in [-0.05, 0) is 26.2 Å². The second kappa shape index (κ2) is 5.79. The summed E-state index contributed by atoms with van der Waals surface area (Å²) in [5.74, 6) is 0.405. The van der Waals surface area contributed by atoms with Gasteiger partial charge in [0.1, 0.15) is 5.82 Å². The molecule has 1 heterocycles. The number of rotatable bonds is 5. The van der Waals surface area contributed by atoms with Crippen LogP contribution >= 0.6 is 11.8 Å². The molecule has 0 spiro atoms. The first-order chi connectivity index (χ1) is 7.68. The van der Waals surface area contributed by atoms with Crippen LogP contribution in [0.15, 0.2) is 16.9 Å². The van der Waals surface area contributed by atoms with Gasteiger partial charge in [0.25, 0.3) is 4.99 Å². The van der Waals surface area contributed by atoms with Crippen LogP contribution < -0.4 is 10.6 Å². The molecule has 1 unspecified atom stereocenters. The summed E-state index contributed by atoms with van der Waals surface area (Å²) in [6, 6.07) is 0. The summed E-state index contributed by atoms with van der Waals surface area (Å²) in [5, 5.41) is 6.15. The SMILES string of the molecule is CCNC1=CC=NC(SC)(C(=O)OCC)N1.